The number of nitrogens with one attached hydrogen (secondary N) is 1. The molecule has 3 aromatic rings. The van der Waals surface area contributed by atoms with Crippen LogP contribution < -0.4 is 10.2 Å². The molecule has 0 radical (unpaired) electrons. The van der Waals surface area contributed by atoms with Gasteiger partial charge in [-0.3, -0.25) is 0 Å². The number of nitrogens with zero attached hydrogens (tertiary/aromatic N) is 4. The first-order valence-corrected chi connectivity index (χ1v) is 7.37. The molecule has 1 aliphatic heterocycles. The van der Waals surface area contributed by atoms with E-state index in [0.717, 1.165) is 48.8 Å². The van der Waals surface area contributed by atoms with Gasteiger partial charge in [-0.1, -0.05) is 12.1 Å². The van der Waals surface area contributed by atoms with E-state index in [4.69, 9.17) is 0 Å². The molecule has 0 unspecified atom stereocenters. The second-order valence-electron chi connectivity index (χ2n) is 5.36. The second kappa shape index (κ2) is 5.38. The van der Waals surface area contributed by atoms with Gasteiger partial charge in [-0.05, 0) is 18.2 Å². The number of hydrogen-bond acceptors (Lipinski definition) is 4. The van der Waals surface area contributed by atoms with Crippen molar-refractivity contribution < 1.29 is 4.39 Å². The number of aromatic nitrogens is 3. The van der Waals surface area contributed by atoms with E-state index in [9.17, 15) is 4.39 Å². The fraction of sp³-hybridized carbons (Fsp3) is 0.250. The summed E-state index contributed by atoms with van der Waals surface area (Å²) in [6, 6.07) is 8.47. The van der Waals surface area contributed by atoms with Gasteiger partial charge in [-0.2, -0.15) is 5.10 Å². The highest BCUT2D eigenvalue weighted by molar-refractivity contribution is 5.75. The van der Waals surface area contributed by atoms with Gasteiger partial charge in [0.2, 0.25) is 0 Å². The molecule has 0 atom stereocenters. The highest BCUT2D eigenvalue weighted by Gasteiger charge is 2.16. The monoisotopic (exact) mass is 297 g/mol. The molecule has 5 nitrogen and oxygen atoms in total. The predicted octanol–water partition coefficient (Wildman–Crippen LogP) is 1.94. The standard InChI is InChI=1S/C16H16FN5/c17-13-3-1-2-12(10-13)14-11-15-16(19-6-9-22(15)20-14)21-7-4-18-5-8-21/h1-3,6,9-11,18H,4-5,7-8H2. The van der Waals surface area contributed by atoms with Crippen molar-refractivity contribution in [2.45, 2.75) is 0 Å². The van der Waals surface area contributed by atoms with E-state index in [1.807, 2.05) is 22.8 Å². The Morgan fingerprint density at radius 2 is 2.00 bits per heavy atom. The molecular formula is C16H16FN5. The molecule has 1 saturated heterocycles. The quantitative estimate of drug-likeness (QED) is 0.785. The maximum Gasteiger partial charge on any atom is 0.154 e. The molecule has 1 fully saturated rings. The molecule has 1 N–H and O–H groups in total. The molecule has 22 heavy (non-hydrogen) atoms. The van der Waals surface area contributed by atoms with Gasteiger partial charge in [0.15, 0.2) is 5.82 Å². The number of halogens is 1. The fourth-order valence-corrected chi connectivity index (χ4v) is 2.82. The molecule has 112 valence electrons. The van der Waals surface area contributed by atoms with E-state index in [2.05, 4.69) is 20.3 Å². The Hall–Kier alpha value is -2.47. The van der Waals surface area contributed by atoms with Crippen molar-refractivity contribution in [1.82, 2.24) is 19.9 Å². The van der Waals surface area contributed by atoms with Crippen molar-refractivity contribution in [3.05, 3.63) is 48.5 Å². The molecule has 0 amide bonds. The summed E-state index contributed by atoms with van der Waals surface area (Å²) < 4.78 is 15.2. The Labute approximate surface area is 127 Å². The summed E-state index contributed by atoms with van der Waals surface area (Å²) in [6.07, 6.45) is 3.58. The molecule has 0 spiro atoms. The Balaban J connectivity index is 1.80. The Morgan fingerprint density at radius 1 is 1.14 bits per heavy atom. The van der Waals surface area contributed by atoms with Crippen LogP contribution in [-0.2, 0) is 0 Å². The number of hydrogen-bond donors (Lipinski definition) is 1. The van der Waals surface area contributed by atoms with Crippen LogP contribution >= 0.6 is 0 Å². The van der Waals surface area contributed by atoms with Gasteiger partial charge in [0.25, 0.3) is 0 Å². The van der Waals surface area contributed by atoms with Gasteiger partial charge in [0.1, 0.15) is 11.3 Å². The Kier molecular flexibility index (Phi) is 3.23. The van der Waals surface area contributed by atoms with Gasteiger partial charge in [-0.25, -0.2) is 13.9 Å². The average molecular weight is 297 g/mol. The minimum absolute atomic E-state index is 0.255. The summed E-state index contributed by atoms with van der Waals surface area (Å²) in [6.45, 7) is 3.75. The van der Waals surface area contributed by atoms with Gasteiger partial charge < -0.3 is 10.2 Å². The van der Waals surface area contributed by atoms with Crippen LogP contribution in [0.2, 0.25) is 0 Å². The molecule has 0 saturated carbocycles. The third kappa shape index (κ3) is 2.31. The van der Waals surface area contributed by atoms with Crippen molar-refractivity contribution in [1.29, 1.82) is 0 Å². The summed E-state index contributed by atoms with van der Waals surface area (Å²) in [7, 11) is 0. The topological polar surface area (TPSA) is 45.5 Å². The van der Waals surface area contributed by atoms with Crippen molar-refractivity contribution in [2.75, 3.05) is 31.1 Å². The van der Waals surface area contributed by atoms with Crippen molar-refractivity contribution >= 4 is 11.3 Å². The Morgan fingerprint density at radius 3 is 2.82 bits per heavy atom. The first-order valence-electron chi connectivity index (χ1n) is 7.37. The minimum Gasteiger partial charge on any atom is -0.352 e. The smallest absolute Gasteiger partial charge is 0.154 e. The van der Waals surface area contributed by atoms with Gasteiger partial charge in [-0.15, -0.1) is 0 Å². The minimum atomic E-state index is -0.255. The maximum atomic E-state index is 13.4. The van der Waals surface area contributed by atoms with Crippen molar-refractivity contribution in [3.8, 4) is 11.3 Å². The van der Waals surface area contributed by atoms with Crippen LogP contribution in [0.15, 0.2) is 42.7 Å². The van der Waals surface area contributed by atoms with Crippen molar-refractivity contribution in [2.24, 2.45) is 0 Å². The van der Waals surface area contributed by atoms with Gasteiger partial charge in [0, 0.05) is 44.1 Å². The second-order valence-corrected chi connectivity index (χ2v) is 5.36. The van der Waals surface area contributed by atoms with Crippen molar-refractivity contribution in [3.63, 3.8) is 0 Å². The summed E-state index contributed by atoms with van der Waals surface area (Å²) >= 11 is 0. The van der Waals surface area contributed by atoms with E-state index in [-0.39, 0.29) is 5.82 Å². The molecular weight excluding hydrogens is 281 g/mol. The normalized spacial score (nSPS) is 15.4. The van der Waals surface area contributed by atoms with Gasteiger partial charge in [0.05, 0.1) is 5.69 Å². The van der Waals surface area contributed by atoms with Crippen LogP contribution in [0, 0.1) is 5.82 Å². The van der Waals surface area contributed by atoms with E-state index in [0.29, 0.717) is 0 Å². The zero-order valence-electron chi connectivity index (χ0n) is 12.0. The number of rotatable bonds is 2. The first-order chi connectivity index (χ1) is 10.8. The molecule has 0 aliphatic carbocycles. The lowest BCUT2D eigenvalue weighted by Gasteiger charge is -2.28. The van der Waals surface area contributed by atoms with Crippen LogP contribution in [0.3, 0.4) is 0 Å². The summed E-state index contributed by atoms with van der Waals surface area (Å²) in [5, 5.41) is 7.88. The number of fused-ring (bicyclic) bond motifs is 1. The molecule has 2 aromatic heterocycles. The van der Waals surface area contributed by atoms with Crippen LogP contribution in [0.1, 0.15) is 0 Å². The largest absolute Gasteiger partial charge is 0.352 e. The average Bonchev–Trinajstić information content (AvgIpc) is 3.00. The van der Waals surface area contributed by atoms with Crippen LogP contribution in [0.5, 0.6) is 0 Å². The molecule has 1 aromatic carbocycles. The maximum absolute atomic E-state index is 13.4. The fourth-order valence-electron chi connectivity index (χ4n) is 2.82. The van der Waals surface area contributed by atoms with E-state index >= 15 is 0 Å². The lowest BCUT2D eigenvalue weighted by Crippen LogP contribution is -2.44. The molecule has 6 heteroatoms. The number of piperazine rings is 1. The zero-order valence-corrected chi connectivity index (χ0v) is 12.0. The van der Waals surface area contributed by atoms with E-state index in [1.54, 1.807) is 12.3 Å². The summed E-state index contributed by atoms with van der Waals surface area (Å²) in [4.78, 5) is 6.77. The SMILES string of the molecule is Fc1cccc(-c2cc3c(N4CCNCC4)nccn3n2)c1. The molecule has 4 rings (SSSR count). The lowest BCUT2D eigenvalue weighted by atomic mass is 10.1. The molecule has 0 bridgehead atoms. The molecule has 3 heterocycles. The number of benzene rings is 1. The van der Waals surface area contributed by atoms with Crippen LogP contribution in [0.25, 0.3) is 16.8 Å². The van der Waals surface area contributed by atoms with Crippen LogP contribution in [0.4, 0.5) is 10.2 Å². The lowest BCUT2D eigenvalue weighted by molar-refractivity contribution is 0.585. The molecule has 1 aliphatic rings. The third-order valence-electron chi connectivity index (χ3n) is 3.91. The highest BCUT2D eigenvalue weighted by atomic mass is 19.1. The van der Waals surface area contributed by atoms with Gasteiger partial charge >= 0.3 is 0 Å². The Bertz CT molecular complexity index is 807. The third-order valence-corrected chi connectivity index (χ3v) is 3.91. The van der Waals surface area contributed by atoms with Crippen LogP contribution in [-0.4, -0.2) is 40.8 Å². The highest BCUT2D eigenvalue weighted by Crippen LogP contribution is 2.25. The number of anilines is 1. The summed E-state index contributed by atoms with van der Waals surface area (Å²) in [5.74, 6) is 0.675. The predicted molar refractivity (Wildman–Crippen MR) is 83.5 cm³/mol. The zero-order chi connectivity index (χ0) is 14.9. The summed E-state index contributed by atoms with van der Waals surface area (Å²) in [5.41, 5.74) is 2.47. The van der Waals surface area contributed by atoms with E-state index in [1.165, 1.54) is 12.1 Å². The van der Waals surface area contributed by atoms with E-state index < -0.39 is 0 Å². The first kappa shape index (κ1) is 13.2.